The van der Waals surface area contributed by atoms with E-state index in [1.807, 2.05) is 13.8 Å². The van der Waals surface area contributed by atoms with Crippen LogP contribution >= 0.6 is 15.9 Å². The number of H-pyrrole nitrogens is 1. The van der Waals surface area contributed by atoms with E-state index < -0.39 is 10.0 Å². The van der Waals surface area contributed by atoms with E-state index in [4.69, 9.17) is 0 Å². The van der Waals surface area contributed by atoms with Crippen molar-refractivity contribution in [1.82, 2.24) is 14.9 Å². The monoisotopic (exact) mass is 295 g/mol. The maximum absolute atomic E-state index is 11.7. The Kier molecular flexibility index (Phi) is 4.30. The number of halogens is 1. The summed E-state index contributed by atoms with van der Waals surface area (Å²) in [6, 6.07) is -0.121. The van der Waals surface area contributed by atoms with Gasteiger partial charge >= 0.3 is 0 Å². The number of sulfonamides is 1. The van der Waals surface area contributed by atoms with Gasteiger partial charge in [0, 0.05) is 17.6 Å². The van der Waals surface area contributed by atoms with E-state index in [9.17, 15) is 8.42 Å². The molecule has 0 aliphatic rings. The summed E-state index contributed by atoms with van der Waals surface area (Å²) in [5.41, 5.74) is 0. The van der Waals surface area contributed by atoms with Crippen molar-refractivity contribution < 1.29 is 8.42 Å². The van der Waals surface area contributed by atoms with Gasteiger partial charge in [0.2, 0.25) is 10.0 Å². The van der Waals surface area contributed by atoms with Crippen LogP contribution in [0, 0.1) is 5.92 Å². The van der Waals surface area contributed by atoms with E-state index in [0.29, 0.717) is 0 Å². The maximum atomic E-state index is 11.7. The number of hydrogen-bond donors (Lipinski definition) is 2. The highest BCUT2D eigenvalue weighted by atomic mass is 79.9. The number of rotatable bonds is 5. The third-order valence-corrected chi connectivity index (χ3v) is 4.77. The van der Waals surface area contributed by atoms with Crippen LogP contribution in [0.4, 0.5) is 0 Å². The molecule has 0 saturated heterocycles. The van der Waals surface area contributed by atoms with Crippen LogP contribution in [-0.4, -0.2) is 30.0 Å². The second-order valence-corrected chi connectivity index (χ2v) is 5.84. The minimum absolute atomic E-state index is 0.121. The molecule has 1 aromatic rings. The zero-order chi connectivity index (χ0) is 11.5. The summed E-state index contributed by atoms with van der Waals surface area (Å²) in [4.78, 5) is 0.163. The average molecular weight is 296 g/mol. The molecular weight excluding hydrogens is 282 g/mol. The first kappa shape index (κ1) is 12.7. The SMILES string of the molecule is CC(CBr)C(C)NS(=O)(=O)c1cn[nH]c1. The van der Waals surface area contributed by atoms with Gasteiger partial charge in [-0.05, 0) is 12.8 Å². The fraction of sp³-hybridized carbons (Fsp3) is 0.625. The molecule has 5 nitrogen and oxygen atoms in total. The molecule has 0 amide bonds. The van der Waals surface area contributed by atoms with Crippen molar-refractivity contribution >= 4 is 26.0 Å². The Morgan fingerprint density at radius 3 is 2.73 bits per heavy atom. The van der Waals surface area contributed by atoms with Gasteiger partial charge in [0.1, 0.15) is 4.90 Å². The van der Waals surface area contributed by atoms with E-state index in [-0.39, 0.29) is 16.9 Å². The van der Waals surface area contributed by atoms with Crippen LogP contribution in [-0.2, 0) is 10.0 Å². The minimum Gasteiger partial charge on any atom is -0.284 e. The molecule has 0 spiro atoms. The van der Waals surface area contributed by atoms with Crippen LogP contribution in [0.2, 0.25) is 0 Å². The van der Waals surface area contributed by atoms with Crippen molar-refractivity contribution in [2.24, 2.45) is 5.92 Å². The van der Waals surface area contributed by atoms with Gasteiger partial charge in [-0.3, -0.25) is 5.10 Å². The normalized spacial score (nSPS) is 16.2. The lowest BCUT2D eigenvalue weighted by Gasteiger charge is -2.18. The predicted molar refractivity (Wildman–Crippen MR) is 61.3 cm³/mol. The number of nitrogens with one attached hydrogen (secondary N) is 2. The lowest BCUT2D eigenvalue weighted by atomic mass is 10.1. The number of hydrogen-bond acceptors (Lipinski definition) is 3. The lowest BCUT2D eigenvalue weighted by molar-refractivity contribution is 0.484. The standard InChI is InChI=1S/C8H14BrN3O2S/c1-6(3-9)7(2)12-15(13,14)8-4-10-11-5-8/h4-7,12H,3H2,1-2H3,(H,10,11). The topological polar surface area (TPSA) is 74.8 Å². The van der Waals surface area contributed by atoms with E-state index in [0.717, 1.165) is 5.33 Å². The van der Waals surface area contributed by atoms with Gasteiger partial charge in [-0.2, -0.15) is 5.10 Å². The quantitative estimate of drug-likeness (QED) is 0.799. The molecule has 0 aromatic carbocycles. The molecule has 0 aliphatic heterocycles. The summed E-state index contributed by atoms with van der Waals surface area (Å²) in [6.45, 7) is 3.81. The van der Waals surface area contributed by atoms with Crippen molar-refractivity contribution in [3.63, 3.8) is 0 Å². The molecule has 7 heteroatoms. The number of aromatic nitrogens is 2. The molecule has 1 aromatic heterocycles. The molecular formula is C8H14BrN3O2S. The Bertz CT molecular complexity index is 390. The molecule has 86 valence electrons. The van der Waals surface area contributed by atoms with E-state index in [1.165, 1.54) is 12.4 Å². The zero-order valence-electron chi connectivity index (χ0n) is 8.57. The second-order valence-electron chi connectivity index (χ2n) is 3.48. The third kappa shape index (κ3) is 3.29. The van der Waals surface area contributed by atoms with Gasteiger partial charge in [0.05, 0.1) is 6.20 Å². The molecule has 0 bridgehead atoms. The Balaban J connectivity index is 2.74. The van der Waals surface area contributed by atoms with Crippen molar-refractivity contribution in [3.8, 4) is 0 Å². The molecule has 2 N–H and O–H groups in total. The molecule has 1 heterocycles. The van der Waals surface area contributed by atoms with E-state index >= 15 is 0 Å². The van der Waals surface area contributed by atoms with Crippen LogP contribution in [0.3, 0.4) is 0 Å². The molecule has 15 heavy (non-hydrogen) atoms. The largest absolute Gasteiger partial charge is 0.284 e. The van der Waals surface area contributed by atoms with Gasteiger partial charge in [-0.15, -0.1) is 0 Å². The molecule has 2 atom stereocenters. The van der Waals surface area contributed by atoms with Gasteiger partial charge in [0.15, 0.2) is 0 Å². The van der Waals surface area contributed by atoms with Crippen LogP contribution in [0.5, 0.6) is 0 Å². The van der Waals surface area contributed by atoms with Crippen LogP contribution in [0.1, 0.15) is 13.8 Å². The number of aromatic amines is 1. The highest BCUT2D eigenvalue weighted by molar-refractivity contribution is 9.09. The number of nitrogens with zero attached hydrogens (tertiary/aromatic N) is 1. The first-order valence-electron chi connectivity index (χ1n) is 4.54. The van der Waals surface area contributed by atoms with Crippen LogP contribution in [0.15, 0.2) is 17.3 Å². The molecule has 0 aliphatic carbocycles. The Hall–Kier alpha value is -0.400. The summed E-state index contributed by atoms with van der Waals surface area (Å²) in [5, 5.41) is 6.83. The van der Waals surface area contributed by atoms with E-state index in [1.54, 1.807) is 0 Å². The molecule has 0 saturated carbocycles. The molecule has 2 unspecified atom stereocenters. The third-order valence-electron chi connectivity index (χ3n) is 2.22. The predicted octanol–water partition coefficient (Wildman–Crippen LogP) is 1.11. The lowest BCUT2D eigenvalue weighted by Crippen LogP contribution is -2.37. The summed E-state index contributed by atoms with van der Waals surface area (Å²) < 4.78 is 26.1. The van der Waals surface area contributed by atoms with Crippen molar-refractivity contribution in [3.05, 3.63) is 12.4 Å². The fourth-order valence-electron chi connectivity index (χ4n) is 0.949. The van der Waals surface area contributed by atoms with Crippen LogP contribution in [0.25, 0.3) is 0 Å². The molecule has 0 radical (unpaired) electrons. The maximum Gasteiger partial charge on any atom is 0.243 e. The summed E-state index contributed by atoms with van der Waals surface area (Å²) in [7, 11) is -3.44. The van der Waals surface area contributed by atoms with Gasteiger partial charge in [-0.25, -0.2) is 13.1 Å². The van der Waals surface area contributed by atoms with Gasteiger partial charge in [-0.1, -0.05) is 22.9 Å². The minimum atomic E-state index is -3.44. The fourth-order valence-corrected chi connectivity index (χ4v) is 2.77. The van der Waals surface area contributed by atoms with Crippen LogP contribution < -0.4 is 4.72 Å². The van der Waals surface area contributed by atoms with E-state index in [2.05, 4.69) is 30.8 Å². The first-order chi connectivity index (χ1) is 6.97. The Morgan fingerprint density at radius 1 is 1.60 bits per heavy atom. The zero-order valence-corrected chi connectivity index (χ0v) is 11.0. The number of alkyl halides is 1. The summed E-state index contributed by atoms with van der Waals surface area (Å²) in [6.07, 6.45) is 2.64. The smallest absolute Gasteiger partial charge is 0.243 e. The Morgan fingerprint density at radius 2 is 2.27 bits per heavy atom. The average Bonchev–Trinajstić information content (AvgIpc) is 2.69. The van der Waals surface area contributed by atoms with Crippen molar-refractivity contribution in [2.45, 2.75) is 24.8 Å². The summed E-state index contributed by atoms with van der Waals surface area (Å²) >= 11 is 3.32. The highest BCUT2D eigenvalue weighted by Gasteiger charge is 2.21. The summed E-state index contributed by atoms with van der Waals surface area (Å²) in [5.74, 6) is 0.228. The van der Waals surface area contributed by atoms with Crippen molar-refractivity contribution in [2.75, 3.05) is 5.33 Å². The Labute approximate surface area is 97.8 Å². The second kappa shape index (κ2) is 5.09. The van der Waals surface area contributed by atoms with Crippen molar-refractivity contribution in [1.29, 1.82) is 0 Å². The molecule has 1 rings (SSSR count). The highest BCUT2D eigenvalue weighted by Crippen LogP contribution is 2.11. The van der Waals surface area contributed by atoms with Gasteiger partial charge < -0.3 is 0 Å². The molecule has 0 fully saturated rings. The first-order valence-corrected chi connectivity index (χ1v) is 7.15. The van der Waals surface area contributed by atoms with Gasteiger partial charge in [0.25, 0.3) is 0 Å².